The summed E-state index contributed by atoms with van der Waals surface area (Å²) in [4.78, 5) is 2.67. The molecule has 1 aliphatic carbocycles. The quantitative estimate of drug-likeness (QED) is 0.436. The Morgan fingerprint density at radius 1 is 1.56 bits per heavy atom. The zero-order valence-corrected chi connectivity index (χ0v) is 5.93. The van der Waals surface area contributed by atoms with E-state index in [2.05, 4.69) is 11.8 Å². The first kappa shape index (κ1) is 4.73. The Kier molecular flexibility index (Phi) is 0.563. The van der Waals surface area contributed by atoms with Crippen molar-refractivity contribution < 1.29 is 0 Å². The van der Waals surface area contributed by atoms with E-state index in [4.69, 9.17) is 0 Å². The second-order valence-electron chi connectivity index (χ2n) is 4.11. The zero-order valence-electron chi connectivity index (χ0n) is 5.93. The first-order valence-corrected chi connectivity index (χ1v) is 4.08. The molecule has 9 heavy (non-hydrogen) atoms. The van der Waals surface area contributed by atoms with Crippen LogP contribution in [-0.4, -0.2) is 23.5 Å². The van der Waals surface area contributed by atoms with Gasteiger partial charge in [-0.05, 0) is 24.7 Å². The Morgan fingerprint density at radius 2 is 2.44 bits per heavy atom. The Morgan fingerprint density at radius 3 is 2.78 bits per heavy atom. The predicted molar refractivity (Wildman–Crippen MR) is 36.2 cm³/mol. The van der Waals surface area contributed by atoms with Gasteiger partial charge >= 0.3 is 0 Å². The van der Waals surface area contributed by atoms with Crippen molar-refractivity contribution in [2.45, 2.75) is 25.3 Å². The minimum absolute atomic E-state index is 0.805. The van der Waals surface area contributed by atoms with Crippen molar-refractivity contribution >= 4 is 0 Å². The van der Waals surface area contributed by atoms with E-state index in [0.29, 0.717) is 0 Å². The van der Waals surface area contributed by atoms with E-state index < -0.39 is 0 Å². The van der Waals surface area contributed by atoms with Gasteiger partial charge in [-0.2, -0.15) is 0 Å². The minimum atomic E-state index is 0.805. The first-order valence-electron chi connectivity index (χ1n) is 4.08. The average Bonchev–Trinajstić information content (AvgIpc) is 2.35. The van der Waals surface area contributed by atoms with E-state index in [1.807, 2.05) is 0 Å². The van der Waals surface area contributed by atoms with Crippen molar-refractivity contribution in [3.05, 3.63) is 0 Å². The van der Waals surface area contributed by atoms with Gasteiger partial charge in [0.05, 0.1) is 0 Å². The molecule has 1 nitrogen and oxygen atoms in total. The van der Waals surface area contributed by atoms with E-state index in [9.17, 15) is 0 Å². The molecule has 2 saturated heterocycles. The van der Waals surface area contributed by atoms with Crippen LogP contribution in [0.1, 0.15) is 19.8 Å². The summed E-state index contributed by atoms with van der Waals surface area (Å²) in [7, 11) is 0. The maximum atomic E-state index is 2.67. The summed E-state index contributed by atoms with van der Waals surface area (Å²) in [5, 5.41) is 0. The van der Waals surface area contributed by atoms with Crippen molar-refractivity contribution in [3.8, 4) is 0 Å². The highest BCUT2D eigenvalue weighted by Crippen LogP contribution is 2.61. The monoisotopic (exact) mass is 123 g/mol. The molecule has 0 amide bonds. The molecule has 4 atom stereocenters. The fourth-order valence-corrected chi connectivity index (χ4v) is 3.06. The highest BCUT2D eigenvalue weighted by Gasteiger charge is 2.68. The molecular weight excluding hydrogens is 110 g/mol. The molecule has 1 saturated carbocycles. The molecule has 2 heterocycles. The summed E-state index contributed by atoms with van der Waals surface area (Å²) >= 11 is 0. The standard InChI is InChI=1S/C8H13N/c1-6-4-9-5-8(9)3-2-7(6)8/h6-7H,2-5H2,1H3/t6-,7?,8?,9?/m0/s1. The van der Waals surface area contributed by atoms with Crippen molar-refractivity contribution in [2.75, 3.05) is 13.1 Å². The van der Waals surface area contributed by atoms with Crippen molar-refractivity contribution in [3.63, 3.8) is 0 Å². The Balaban J connectivity index is 1.97. The minimum Gasteiger partial charge on any atom is -0.294 e. The second-order valence-corrected chi connectivity index (χ2v) is 4.11. The fraction of sp³-hybridized carbons (Fsp3) is 1.00. The molecule has 0 aromatic carbocycles. The molecule has 2 aliphatic heterocycles. The van der Waals surface area contributed by atoms with Crippen LogP contribution < -0.4 is 0 Å². The molecule has 3 rings (SSSR count). The lowest BCUT2D eigenvalue weighted by atomic mass is 9.69. The second kappa shape index (κ2) is 1.07. The van der Waals surface area contributed by atoms with E-state index in [1.165, 1.54) is 25.9 Å². The molecule has 0 aromatic heterocycles. The van der Waals surface area contributed by atoms with E-state index in [-0.39, 0.29) is 0 Å². The third kappa shape index (κ3) is 0.337. The Hall–Kier alpha value is -0.0400. The molecule has 3 fully saturated rings. The molecule has 1 heteroatoms. The van der Waals surface area contributed by atoms with E-state index in [0.717, 1.165) is 17.4 Å². The molecule has 0 radical (unpaired) electrons. The first-order chi connectivity index (χ1) is 4.33. The summed E-state index contributed by atoms with van der Waals surface area (Å²) in [5.74, 6) is 2.13. The number of hydrogen-bond acceptors (Lipinski definition) is 1. The molecule has 0 N–H and O–H groups in total. The summed E-state index contributed by atoms with van der Waals surface area (Å²) < 4.78 is 0. The number of nitrogens with zero attached hydrogens (tertiary/aromatic N) is 1. The molecule has 50 valence electrons. The summed E-state index contributed by atoms with van der Waals surface area (Å²) in [5.41, 5.74) is 0.805. The summed E-state index contributed by atoms with van der Waals surface area (Å²) in [6, 6.07) is 0. The number of hydrogen-bond donors (Lipinski definition) is 0. The van der Waals surface area contributed by atoms with Crippen LogP contribution in [0.3, 0.4) is 0 Å². The van der Waals surface area contributed by atoms with Gasteiger partial charge < -0.3 is 0 Å². The van der Waals surface area contributed by atoms with Gasteiger partial charge in [0.2, 0.25) is 0 Å². The van der Waals surface area contributed by atoms with Crippen LogP contribution in [0.15, 0.2) is 0 Å². The van der Waals surface area contributed by atoms with Gasteiger partial charge in [0, 0.05) is 18.6 Å². The van der Waals surface area contributed by atoms with Crippen molar-refractivity contribution in [1.82, 2.24) is 4.90 Å². The van der Waals surface area contributed by atoms with Crippen LogP contribution in [0.2, 0.25) is 0 Å². The summed E-state index contributed by atoms with van der Waals surface area (Å²) in [6.07, 6.45) is 3.04. The maximum Gasteiger partial charge on any atom is 0.0368 e. The number of rotatable bonds is 0. The molecule has 3 aliphatic rings. The van der Waals surface area contributed by atoms with Gasteiger partial charge in [0.1, 0.15) is 0 Å². The van der Waals surface area contributed by atoms with Gasteiger partial charge in [-0.3, -0.25) is 4.90 Å². The Bertz CT molecular complexity index is 162. The van der Waals surface area contributed by atoms with Crippen LogP contribution in [0.25, 0.3) is 0 Å². The van der Waals surface area contributed by atoms with Crippen molar-refractivity contribution in [1.29, 1.82) is 0 Å². The molecule has 1 spiro atoms. The third-order valence-electron chi connectivity index (χ3n) is 3.76. The lowest BCUT2D eigenvalue weighted by Crippen LogP contribution is -2.36. The molecule has 0 aromatic rings. The van der Waals surface area contributed by atoms with E-state index in [1.54, 1.807) is 0 Å². The molecular formula is C8H13N. The highest BCUT2D eigenvalue weighted by atomic mass is 15.4. The van der Waals surface area contributed by atoms with Gasteiger partial charge in [0.25, 0.3) is 0 Å². The fourth-order valence-electron chi connectivity index (χ4n) is 3.06. The molecule has 0 bridgehead atoms. The smallest absolute Gasteiger partial charge is 0.0368 e. The van der Waals surface area contributed by atoms with Crippen LogP contribution in [0, 0.1) is 11.8 Å². The predicted octanol–water partition coefficient (Wildman–Crippen LogP) is 1.10. The lowest BCUT2D eigenvalue weighted by molar-refractivity contribution is 0.193. The summed E-state index contributed by atoms with van der Waals surface area (Å²) in [6.45, 7) is 5.27. The topological polar surface area (TPSA) is 3.01 Å². The van der Waals surface area contributed by atoms with Gasteiger partial charge in [-0.25, -0.2) is 0 Å². The van der Waals surface area contributed by atoms with Gasteiger partial charge in [0.15, 0.2) is 0 Å². The van der Waals surface area contributed by atoms with Crippen LogP contribution >= 0.6 is 0 Å². The largest absolute Gasteiger partial charge is 0.294 e. The van der Waals surface area contributed by atoms with Crippen LogP contribution in [0.4, 0.5) is 0 Å². The lowest BCUT2D eigenvalue weighted by Gasteiger charge is -2.35. The average molecular weight is 123 g/mol. The molecule has 3 unspecified atom stereocenters. The third-order valence-corrected chi connectivity index (χ3v) is 3.76. The number of piperidine rings is 1. The van der Waals surface area contributed by atoms with Crippen LogP contribution in [0.5, 0.6) is 0 Å². The maximum absolute atomic E-state index is 2.67. The van der Waals surface area contributed by atoms with Crippen molar-refractivity contribution in [2.24, 2.45) is 11.8 Å². The normalized spacial score (nSPS) is 68.3. The highest BCUT2D eigenvalue weighted by molar-refractivity contribution is 5.23. The van der Waals surface area contributed by atoms with E-state index >= 15 is 0 Å². The van der Waals surface area contributed by atoms with Crippen LogP contribution in [-0.2, 0) is 0 Å². The zero-order chi connectivity index (χ0) is 6.06. The van der Waals surface area contributed by atoms with Gasteiger partial charge in [-0.15, -0.1) is 0 Å². The Labute approximate surface area is 56.0 Å². The van der Waals surface area contributed by atoms with Gasteiger partial charge in [-0.1, -0.05) is 6.92 Å². The SMILES string of the molecule is C[C@H]1CN2CC23CCC13.